The van der Waals surface area contributed by atoms with Gasteiger partial charge in [-0.2, -0.15) is 0 Å². The van der Waals surface area contributed by atoms with Gasteiger partial charge < -0.3 is 14.8 Å². The topological polar surface area (TPSA) is 92.4 Å². The van der Waals surface area contributed by atoms with Gasteiger partial charge >= 0.3 is 5.97 Å². The van der Waals surface area contributed by atoms with E-state index in [1.807, 2.05) is 0 Å². The Labute approximate surface area is 124 Å². The van der Waals surface area contributed by atoms with Gasteiger partial charge in [0.25, 0.3) is 5.91 Å². The van der Waals surface area contributed by atoms with Gasteiger partial charge in [-0.05, 0) is 31.4 Å². The summed E-state index contributed by atoms with van der Waals surface area (Å²) in [5.74, 6) is -0.782. The molecule has 1 amide bonds. The lowest BCUT2D eigenvalue weighted by Crippen LogP contribution is -2.33. The molecule has 2 atom stereocenters. The molecule has 0 radical (unpaired) electrons. The lowest BCUT2D eigenvalue weighted by molar-refractivity contribution is -0.141. The highest BCUT2D eigenvalue weighted by molar-refractivity contribution is 7.13. The summed E-state index contributed by atoms with van der Waals surface area (Å²) in [4.78, 5) is 27.3. The third-order valence-electron chi connectivity index (χ3n) is 3.59. The number of carboxylic acid groups (broad SMARTS) is 1. The fourth-order valence-corrected chi connectivity index (χ4v) is 3.25. The molecule has 1 saturated carbocycles. The number of rotatable bonds is 4. The summed E-state index contributed by atoms with van der Waals surface area (Å²) in [6.07, 6.45) is 3.34. The number of hydrogen-bond acceptors (Lipinski definition) is 5. The Morgan fingerprint density at radius 1 is 1.43 bits per heavy atom. The number of nitrogens with one attached hydrogen (secondary N) is 1. The predicted molar refractivity (Wildman–Crippen MR) is 76.0 cm³/mol. The zero-order valence-electron chi connectivity index (χ0n) is 11.1. The second-order valence-corrected chi connectivity index (χ2v) is 5.89. The van der Waals surface area contributed by atoms with E-state index < -0.39 is 5.97 Å². The monoisotopic (exact) mass is 306 g/mol. The molecule has 1 aliphatic carbocycles. The van der Waals surface area contributed by atoms with E-state index in [0.29, 0.717) is 35.7 Å². The Hall–Kier alpha value is -2.15. The highest BCUT2D eigenvalue weighted by Gasteiger charge is 2.31. The summed E-state index contributed by atoms with van der Waals surface area (Å²) in [5, 5.41) is 14.1. The molecule has 2 aromatic rings. The van der Waals surface area contributed by atoms with Crippen molar-refractivity contribution in [2.24, 2.45) is 5.92 Å². The number of nitrogens with zero attached hydrogens (tertiary/aromatic N) is 1. The van der Waals surface area contributed by atoms with Gasteiger partial charge in [-0.25, -0.2) is 4.98 Å². The highest BCUT2D eigenvalue weighted by Crippen LogP contribution is 2.27. The Bertz CT molecular complexity index is 650. The number of carboxylic acids is 1. The zero-order chi connectivity index (χ0) is 14.8. The summed E-state index contributed by atoms with van der Waals surface area (Å²) >= 11 is 1.34. The van der Waals surface area contributed by atoms with Gasteiger partial charge in [0, 0.05) is 11.4 Å². The van der Waals surface area contributed by atoms with Crippen molar-refractivity contribution in [3.05, 3.63) is 29.5 Å². The molecule has 0 aromatic carbocycles. The van der Waals surface area contributed by atoms with Gasteiger partial charge in [-0.15, -0.1) is 11.3 Å². The number of carbonyl (C=O) groups is 2. The first-order valence-electron chi connectivity index (χ1n) is 6.66. The molecule has 1 fully saturated rings. The van der Waals surface area contributed by atoms with E-state index in [9.17, 15) is 9.59 Å². The molecule has 21 heavy (non-hydrogen) atoms. The fourth-order valence-electron chi connectivity index (χ4n) is 2.49. The van der Waals surface area contributed by atoms with Crippen molar-refractivity contribution in [3.8, 4) is 10.8 Å². The van der Waals surface area contributed by atoms with Crippen molar-refractivity contribution < 1.29 is 19.1 Å². The smallest absolute Gasteiger partial charge is 0.306 e. The number of aliphatic carboxylic acids is 1. The largest absolute Gasteiger partial charge is 0.481 e. The number of furan rings is 1. The van der Waals surface area contributed by atoms with Gasteiger partial charge in [0.05, 0.1) is 12.2 Å². The molecule has 110 valence electrons. The van der Waals surface area contributed by atoms with Crippen molar-refractivity contribution in [1.82, 2.24) is 10.3 Å². The van der Waals surface area contributed by atoms with Crippen molar-refractivity contribution in [1.29, 1.82) is 0 Å². The van der Waals surface area contributed by atoms with E-state index in [1.54, 1.807) is 23.8 Å². The number of thiazole rings is 1. The summed E-state index contributed by atoms with van der Waals surface area (Å²) < 4.78 is 5.24. The molecule has 7 heteroatoms. The molecule has 1 aliphatic rings. The van der Waals surface area contributed by atoms with Crippen LogP contribution in [0.25, 0.3) is 10.8 Å². The van der Waals surface area contributed by atoms with Crippen LogP contribution in [0, 0.1) is 5.92 Å². The number of carbonyl (C=O) groups excluding carboxylic acids is 1. The molecule has 2 heterocycles. The molecule has 0 saturated heterocycles. The van der Waals surface area contributed by atoms with Gasteiger partial charge in [0.2, 0.25) is 0 Å². The molecular formula is C14H14N2O4S. The molecule has 6 nitrogen and oxygen atoms in total. The Morgan fingerprint density at radius 2 is 2.29 bits per heavy atom. The standard InChI is InChI=1S/C14H14N2O4S/c17-12(15-9-4-3-8(6-9)14(18)19)10-7-21-13(16-10)11-2-1-5-20-11/h1-2,5,7-9H,3-4,6H2,(H,15,17)(H,18,19). The van der Waals surface area contributed by atoms with Crippen LogP contribution in [0.5, 0.6) is 0 Å². The van der Waals surface area contributed by atoms with Crippen LogP contribution >= 0.6 is 11.3 Å². The van der Waals surface area contributed by atoms with Crippen LogP contribution in [-0.4, -0.2) is 28.0 Å². The van der Waals surface area contributed by atoms with E-state index in [-0.39, 0.29) is 17.9 Å². The van der Waals surface area contributed by atoms with Crippen molar-refractivity contribution in [2.75, 3.05) is 0 Å². The van der Waals surface area contributed by atoms with E-state index in [1.165, 1.54) is 11.3 Å². The maximum absolute atomic E-state index is 12.1. The van der Waals surface area contributed by atoms with Gasteiger partial charge in [-0.1, -0.05) is 0 Å². The predicted octanol–water partition coefficient (Wildman–Crippen LogP) is 2.39. The molecule has 2 unspecified atom stereocenters. The molecular weight excluding hydrogens is 292 g/mol. The van der Waals surface area contributed by atoms with Crippen LogP contribution in [-0.2, 0) is 4.79 Å². The number of aromatic nitrogens is 1. The van der Waals surface area contributed by atoms with Crippen LogP contribution in [0.2, 0.25) is 0 Å². The summed E-state index contributed by atoms with van der Waals surface area (Å²) in [6.45, 7) is 0. The third-order valence-corrected chi connectivity index (χ3v) is 4.44. The van der Waals surface area contributed by atoms with Gasteiger partial charge in [-0.3, -0.25) is 9.59 Å². The first-order valence-corrected chi connectivity index (χ1v) is 7.54. The normalized spacial score (nSPS) is 21.3. The second-order valence-electron chi connectivity index (χ2n) is 5.03. The Balaban J connectivity index is 1.63. The third kappa shape index (κ3) is 2.97. The van der Waals surface area contributed by atoms with Crippen molar-refractivity contribution in [2.45, 2.75) is 25.3 Å². The summed E-state index contributed by atoms with van der Waals surface area (Å²) in [7, 11) is 0. The second kappa shape index (κ2) is 5.69. The highest BCUT2D eigenvalue weighted by atomic mass is 32.1. The number of amides is 1. The maximum atomic E-state index is 12.1. The molecule has 0 aliphatic heterocycles. The van der Waals surface area contributed by atoms with E-state index in [4.69, 9.17) is 9.52 Å². The van der Waals surface area contributed by atoms with Crippen LogP contribution in [0.15, 0.2) is 28.2 Å². The van der Waals surface area contributed by atoms with Crippen LogP contribution in [0.4, 0.5) is 0 Å². The average Bonchev–Trinajstić information content (AvgIpc) is 3.19. The minimum atomic E-state index is -0.791. The molecule has 0 bridgehead atoms. The Kier molecular flexibility index (Phi) is 3.74. The maximum Gasteiger partial charge on any atom is 0.306 e. The van der Waals surface area contributed by atoms with E-state index in [2.05, 4.69) is 10.3 Å². The first-order chi connectivity index (χ1) is 10.1. The fraction of sp³-hybridized carbons (Fsp3) is 0.357. The summed E-state index contributed by atoms with van der Waals surface area (Å²) in [5.41, 5.74) is 0.338. The molecule has 3 rings (SSSR count). The van der Waals surface area contributed by atoms with Crippen LogP contribution < -0.4 is 5.32 Å². The van der Waals surface area contributed by atoms with E-state index >= 15 is 0 Å². The zero-order valence-corrected chi connectivity index (χ0v) is 11.9. The summed E-state index contributed by atoms with van der Waals surface area (Å²) in [6, 6.07) is 3.46. The molecule has 2 aromatic heterocycles. The van der Waals surface area contributed by atoms with Crippen molar-refractivity contribution >= 4 is 23.2 Å². The lowest BCUT2D eigenvalue weighted by atomic mass is 10.1. The lowest BCUT2D eigenvalue weighted by Gasteiger charge is -2.10. The Morgan fingerprint density at radius 3 is 2.95 bits per heavy atom. The van der Waals surface area contributed by atoms with Crippen LogP contribution in [0.1, 0.15) is 29.8 Å². The minimum Gasteiger partial charge on any atom is -0.481 e. The van der Waals surface area contributed by atoms with Crippen molar-refractivity contribution in [3.63, 3.8) is 0 Å². The van der Waals surface area contributed by atoms with Gasteiger partial charge in [0.15, 0.2) is 10.8 Å². The SMILES string of the molecule is O=C(NC1CCC(C(=O)O)C1)c1csc(-c2ccco2)n1. The quantitative estimate of drug-likeness (QED) is 0.904. The minimum absolute atomic E-state index is 0.0904. The number of hydrogen-bond donors (Lipinski definition) is 2. The molecule has 2 N–H and O–H groups in total. The first kappa shape index (κ1) is 13.8. The molecule has 0 spiro atoms. The van der Waals surface area contributed by atoms with Gasteiger partial charge in [0.1, 0.15) is 5.69 Å². The van der Waals surface area contributed by atoms with Crippen LogP contribution in [0.3, 0.4) is 0 Å². The average molecular weight is 306 g/mol. The van der Waals surface area contributed by atoms with E-state index in [0.717, 1.165) is 0 Å².